The van der Waals surface area contributed by atoms with Crippen LogP contribution in [0.3, 0.4) is 0 Å². The average molecular weight is 289 g/mol. The van der Waals surface area contributed by atoms with Crippen LogP contribution in [0.15, 0.2) is 12.3 Å². The monoisotopic (exact) mass is 288 g/mol. The fraction of sp³-hybridized carbons (Fsp3) is 0.455. The molecule has 100 valence electrons. The van der Waals surface area contributed by atoms with E-state index in [9.17, 15) is 0 Å². The summed E-state index contributed by atoms with van der Waals surface area (Å²) in [6.45, 7) is 6.14. The van der Waals surface area contributed by atoms with Crippen LogP contribution in [0, 0.1) is 6.92 Å². The molecule has 7 heteroatoms. The quantitative estimate of drug-likeness (QED) is 0.850. The standard InChI is InChI=1S/C11H14N4S.ClH.H2O/c1-8-6-9-7-13-11(14-10(9)16-8)15-4-2-12-3-5-15;;/h6-7,12H,2-5H2,1H3;1H;1H2. The van der Waals surface area contributed by atoms with Crippen LogP contribution in [0.4, 0.5) is 5.95 Å². The van der Waals surface area contributed by atoms with Gasteiger partial charge in [0.25, 0.3) is 0 Å². The number of rotatable bonds is 1. The predicted octanol–water partition coefficient (Wildman–Crippen LogP) is 1.01. The molecule has 1 aliphatic heterocycles. The molecule has 0 bridgehead atoms. The van der Waals surface area contributed by atoms with Gasteiger partial charge in [-0.05, 0) is 13.0 Å². The summed E-state index contributed by atoms with van der Waals surface area (Å²) < 4.78 is 0. The predicted molar refractivity (Wildman–Crippen MR) is 78.1 cm³/mol. The van der Waals surface area contributed by atoms with Gasteiger partial charge in [-0.1, -0.05) is 0 Å². The third-order valence-electron chi connectivity index (χ3n) is 2.78. The molecule has 0 amide bonds. The highest BCUT2D eigenvalue weighted by molar-refractivity contribution is 7.18. The molecular formula is C11H17ClN4OS. The first kappa shape index (κ1) is 15.1. The molecule has 0 spiro atoms. The van der Waals surface area contributed by atoms with Crippen molar-refractivity contribution in [3.63, 3.8) is 0 Å². The lowest BCUT2D eigenvalue weighted by Gasteiger charge is -2.27. The van der Waals surface area contributed by atoms with Crippen LogP contribution in [-0.2, 0) is 0 Å². The molecule has 0 saturated carbocycles. The fourth-order valence-corrected chi connectivity index (χ4v) is 2.81. The number of thiophene rings is 1. The summed E-state index contributed by atoms with van der Waals surface area (Å²) in [6, 6.07) is 2.14. The van der Waals surface area contributed by atoms with Crippen molar-refractivity contribution in [2.45, 2.75) is 6.92 Å². The summed E-state index contributed by atoms with van der Waals surface area (Å²) in [5, 5.41) is 4.49. The highest BCUT2D eigenvalue weighted by atomic mass is 35.5. The van der Waals surface area contributed by atoms with Crippen molar-refractivity contribution in [2.24, 2.45) is 0 Å². The van der Waals surface area contributed by atoms with Gasteiger partial charge in [-0.25, -0.2) is 9.97 Å². The Morgan fingerprint density at radius 3 is 2.78 bits per heavy atom. The Morgan fingerprint density at radius 1 is 1.33 bits per heavy atom. The van der Waals surface area contributed by atoms with E-state index in [4.69, 9.17) is 0 Å². The summed E-state index contributed by atoms with van der Waals surface area (Å²) in [5.74, 6) is 0.871. The smallest absolute Gasteiger partial charge is 0.226 e. The molecule has 3 heterocycles. The van der Waals surface area contributed by atoms with Crippen molar-refractivity contribution >= 4 is 39.9 Å². The van der Waals surface area contributed by atoms with Gasteiger partial charge in [-0.15, -0.1) is 23.7 Å². The molecule has 3 N–H and O–H groups in total. The first-order chi connectivity index (χ1) is 7.83. The van der Waals surface area contributed by atoms with Crippen molar-refractivity contribution in [3.8, 4) is 0 Å². The van der Waals surface area contributed by atoms with Gasteiger partial charge in [-0.2, -0.15) is 0 Å². The van der Waals surface area contributed by atoms with Gasteiger partial charge in [0.2, 0.25) is 5.95 Å². The van der Waals surface area contributed by atoms with Crippen LogP contribution in [0.25, 0.3) is 10.2 Å². The topological polar surface area (TPSA) is 72.6 Å². The molecule has 1 saturated heterocycles. The number of nitrogens with one attached hydrogen (secondary N) is 1. The van der Waals surface area contributed by atoms with Crippen molar-refractivity contribution in [1.29, 1.82) is 0 Å². The molecule has 1 fully saturated rings. The van der Waals surface area contributed by atoms with E-state index in [0.717, 1.165) is 42.3 Å². The van der Waals surface area contributed by atoms with E-state index < -0.39 is 0 Å². The van der Waals surface area contributed by atoms with E-state index >= 15 is 0 Å². The van der Waals surface area contributed by atoms with Gasteiger partial charge in [-0.3, -0.25) is 0 Å². The minimum Gasteiger partial charge on any atom is -0.412 e. The van der Waals surface area contributed by atoms with E-state index in [-0.39, 0.29) is 17.9 Å². The normalized spacial score (nSPS) is 15.1. The van der Waals surface area contributed by atoms with Crippen LogP contribution in [0.1, 0.15) is 4.88 Å². The second kappa shape index (κ2) is 6.29. The summed E-state index contributed by atoms with van der Waals surface area (Å²) in [4.78, 5) is 13.7. The second-order valence-electron chi connectivity index (χ2n) is 4.02. The molecule has 0 atom stereocenters. The Balaban J connectivity index is 0.000000810. The molecule has 2 aromatic rings. The number of aromatic nitrogens is 2. The van der Waals surface area contributed by atoms with Crippen LogP contribution in [0.5, 0.6) is 0 Å². The molecule has 0 aliphatic carbocycles. The molecule has 0 radical (unpaired) electrons. The molecular weight excluding hydrogens is 272 g/mol. The number of hydrogen-bond acceptors (Lipinski definition) is 5. The Morgan fingerprint density at radius 2 is 2.06 bits per heavy atom. The maximum absolute atomic E-state index is 4.63. The molecule has 5 nitrogen and oxygen atoms in total. The summed E-state index contributed by atoms with van der Waals surface area (Å²) in [6.07, 6.45) is 1.93. The Kier molecular flexibility index (Phi) is 5.28. The van der Waals surface area contributed by atoms with Crippen LogP contribution in [-0.4, -0.2) is 41.6 Å². The van der Waals surface area contributed by atoms with Gasteiger partial charge < -0.3 is 15.7 Å². The van der Waals surface area contributed by atoms with Gasteiger partial charge in [0.05, 0.1) is 0 Å². The number of aryl methyl sites for hydroxylation is 1. The third-order valence-corrected chi connectivity index (χ3v) is 3.74. The minimum absolute atomic E-state index is 0. The van der Waals surface area contributed by atoms with E-state index in [1.807, 2.05) is 6.20 Å². The van der Waals surface area contributed by atoms with Crippen molar-refractivity contribution < 1.29 is 5.48 Å². The zero-order chi connectivity index (χ0) is 11.0. The Hall–Kier alpha value is -0.950. The van der Waals surface area contributed by atoms with E-state index in [1.165, 1.54) is 4.88 Å². The van der Waals surface area contributed by atoms with Crippen molar-refractivity contribution in [2.75, 3.05) is 31.1 Å². The average Bonchev–Trinajstić information content (AvgIpc) is 2.69. The fourth-order valence-electron chi connectivity index (χ4n) is 1.97. The summed E-state index contributed by atoms with van der Waals surface area (Å²) >= 11 is 1.74. The molecule has 0 aromatic carbocycles. The van der Waals surface area contributed by atoms with Gasteiger partial charge in [0, 0.05) is 42.6 Å². The second-order valence-corrected chi connectivity index (χ2v) is 5.26. The van der Waals surface area contributed by atoms with E-state index in [1.54, 1.807) is 11.3 Å². The number of hydrogen-bond donors (Lipinski definition) is 1. The lowest BCUT2D eigenvalue weighted by molar-refractivity contribution is 0.580. The van der Waals surface area contributed by atoms with Crippen LogP contribution < -0.4 is 10.2 Å². The Bertz CT molecular complexity index is 513. The third kappa shape index (κ3) is 2.89. The number of fused-ring (bicyclic) bond motifs is 1. The maximum Gasteiger partial charge on any atom is 0.226 e. The summed E-state index contributed by atoms with van der Waals surface area (Å²) in [7, 11) is 0. The zero-order valence-electron chi connectivity index (χ0n) is 10.1. The maximum atomic E-state index is 4.63. The number of anilines is 1. The van der Waals surface area contributed by atoms with Gasteiger partial charge >= 0.3 is 0 Å². The molecule has 2 aromatic heterocycles. The largest absolute Gasteiger partial charge is 0.412 e. The zero-order valence-corrected chi connectivity index (χ0v) is 11.8. The first-order valence-corrected chi connectivity index (χ1v) is 6.33. The van der Waals surface area contributed by atoms with E-state index in [2.05, 4.69) is 33.2 Å². The lowest BCUT2D eigenvalue weighted by Crippen LogP contribution is -2.44. The van der Waals surface area contributed by atoms with Crippen LogP contribution >= 0.6 is 23.7 Å². The highest BCUT2D eigenvalue weighted by Gasteiger charge is 2.13. The number of nitrogens with zero attached hydrogens (tertiary/aromatic N) is 3. The summed E-state index contributed by atoms with van der Waals surface area (Å²) in [5.41, 5.74) is 0. The first-order valence-electron chi connectivity index (χ1n) is 5.52. The molecule has 0 unspecified atom stereocenters. The highest BCUT2D eigenvalue weighted by Crippen LogP contribution is 2.24. The van der Waals surface area contributed by atoms with Crippen LogP contribution in [0.2, 0.25) is 0 Å². The van der Waals surface area contributed by atoms with E-state index in [0.29, 0.717) is 0 Å². The number of halogens is 1. The molecule has 1 aliphatic rings. The molecule has 3 rings (SSSR count). The molecule has 18 heavy (non-hydrogen) atoms. The lowest BCUT2D eigenvalue weighted by atomic mass is 10.3. The van der Waals surface area contributed by atoms with Crippen molar-refractivity contribution in [1.82, 2.24) is 15.3 Å². The number of piperazine rings is 1. The van der Waals surface area contributed by atoms with Gasteiger partial charge in [0.1, 0.15) is 4.83 Å². The van der Waals surface area contributed by atoms with Crippen molar-refractivity contribution in [3.05, 3.63) is 17.1 Å². The Labute approximate surface area is 116 Å². The van der Waals surface area contributed by atoms with Gasteiger partial charge in [0.15, 0.2) is 0 Å². The SMILES string of the molecule is Cc1cc2cnc(N3CCNCC3)nc2s1.Cl.O. The minimum atomic E-state index is 0.